The van der Waals surface area contributed by atoms with E-state index >= 15 is 0 Å². The Balaban J connectivity index is 2.37. The summed E-state index contributed by atoms with van der Waals surface area (Å²) < 4.78 is 10.3. The molecular formula is C20H21N3O8S. The van der Waals surface area contributed by atoms with Gasteiger partial charge in [-0.2, -0.15) is 0 Å². The van der Waals surface area contributed by atoms with Crippen LogP contribution in [0.5, 0.6) is 5.75 Å². The molecule has 1 fully saturated rings. The molecule has 2 aliphatic heterocycles. The van der Waals surface area contributed by atoms with Gasteiger partial charge in [-0.15, -0.1) is 0 Å². The van der Waals surface area contributed by atoms with Crippen molar-refractivity contribution < 1.29 is 33.9 Å². The molecule has 11 nitrogen and oxygen atoms in total. The van der Waals surface area contributed by atoms with Gasteiger partial charge in [-0.3, -0.25) is 19.8 Å². The molecule has 1 amide bonds. The van der Waals surface area contributed by atoms with Crippen molar-refractivity contribution in [2.45, 2.75) is 31.9 Å². The average molecular weight is 463 g/mol. The fraction of sp³-hybridized carbons (Fsp3) is 0.350. The van der Waals surface area contributed by atoms with Crippen molar-refractivity contribution in [3.8, 4) is 5.75 Å². The molecule has 0 radical (unpaired) electrons. The first kappa shape index (κ1) is 23.1. The largest absolute Gasteiger partial charge is 0.508 e. The number of thioether (sulfide) groups is 1. The predicted octanol–water partition coefficient (Wildman–Crippen LogP) is 1.87. The number of hydrogen-bond donors (Lipinski definition) is 2. The van der Waals surface area contributed by atoms with Crippen LogP contribution in [0, 0.1) is 10.1 Å². The number of carbonyl (C=O) groups is 3. The van der Waals surface area contributed by atoms with E-state index in [4.69, 9.17) is 15.2 Å². The zero-order chi connectivity index (χ0) is 23.7. The van der Waals surface area contributed by atoms with Gasteiger partial charge in [0, 0.05) is 17.7 Å². The Labute approximate surface area is 187 Å². The minimum atomic E-state index is -1.36. The Hall–Kier alpha value is -3.54. The zero-order valence-electron chi connectivity index (χ0n) is 17.5. The number of phenolic OH excluding ortho intramolecular Hbond substituents is 1. The minimum absolute atomic E-state index is 0.00858. The molecule has 32 heavy (non-hydrogen) atoms. The highest BCUT2D eigenvalue weighted by Gasteiger charge is 2.49. The minimum Gasteiger partial charge on any atom is -0.508 e. The monoisotopic (exact) mass is 463 g/mol. The number of ether oxygens (including phenoxy) is 2. The summed E-state index contributed by atoms with van der Waals surface area (Å²) in [5, 5.41) is 21.4. The number of nitrogens with zero attached hydrogens (tertiary/aromatic N) is 2. The van der Waals surface area contributed by atoms with Gasteiger partial charge in [0.25, 0.3) is 5.69 Å². The van der Waals surface area contributed by atoms with Crippen LogP contribution >= 0.6 is 11.8 Å². The van der Waals surface area contributed by atoms with Crippen molar-refractivity contribution in [2.24, 2.45) is 5.73 Å². The van der Waals surface area contributed by atoms with Crippen LogP contribution in [0.2, 0.25) is 0 Å². The van der Waals surface area contributed by atoms with Gasteiger partial charge in [0.1, 0.15) is 11.6 Å². The number of fused-ring (bicyclic) bond motifs is 1. The number of nitro groups is 1. The Bertz CT molecular complexity index is 1080. The number of nitro benzene ring substituents is 1. The summed E-state index contributed by atoms with van der Waals surface area (Å²) in [4.78, 5) is 50.5. The molecule has 0 aromatic heterocycles. The number of hydrogen-bond acceptors (Lipinski definition) is 10. The van der Waals surface area contributed by atoms with Crippen molar-refractivity contribution in [2.75, 3.05) is 13.2 Å². The van der Waals surface area contributed by atoms with Gasteiger partial charge < -0.3 is 20.3 Å². The van der Waals surface area contributed by atoms with E-state index in [2.05, 4.69) is 0 Å². The normalized spacial score (nSPS) is 20.3. The molecule has 1 saturated heterocycles. The van der Waals surface area contributed by atoms with E-state index < -0.39 is 39.7 Å². The lowest BCUT2D eigenvalue weighted by Gasteiger charge is -2.33. The molecule has 0 saturated carbocycles. The lowest BCUT2D eigenvalue weighted by Crippen LogP contribution is -2.40. The molecule has 1 aromatic rings. The standard InChI is InChI=1S/C20H21N3O8S/c1-4-30-19(26)14-13(11-8-10(23(28)29)6-7-12(11)24)15(20(27)31-5-2)18-22(16(14)21)17(25)9(3)32-18/h6-9,13,24H,4-5,21H2,1-3H3/t9-,13+/m1/s1. The van der Waals surface area contributed by atoms with Crippen LogP contribution in [0.3, 0.4) is 0 Å². The van der Waals surface area contributed by atoms with E-state index in [-0.39, 0.29) is 46.5 Å². The molecule has 12 heteroatoms. The average Bonchev–Trinajstić information content (AvgIpc) is 3.02. The fourth-order valence-corrected chi connectivity index (χ4v) is 4.71. The Kier molecular flexibility index (Phi) is 6.44. The second-order valence-electron chi connectivity index (χ2n) is 6.83. The van der Waals surface area contributed by atoms with Gasteiger partial charge in [0.05, 0.1) is 45.5 Å². The van der Waals surface area contributed by atoms with Crippen molar-refractivity contribution in [1.29, 1.82) is 0 Å². The van der Waals surface area contributed by atoms with E-state index in [9.17, 15) is 29.6 Å². The van der Waals surface area contributed by atoms with Gasteiger partial charge in [-0.05, 0) is 26.8 Å². The fourth-order valence-electron chi connectivity index (χ4n) is 3.54. The summed E-state index contributed by atoms with van der Waals surface area (Å²) in [5.41, 5.74) is 5.30. The van der Waals surface area contributed by atoms with Gasteiger partial charge >= 0.3 is 11.9 Å². The first-order chi connectivity index (χ1) is 15.1. The van der Waals surface area contributed by atoms with Crippen molar-refractivity contribution in [3.63, 3.8) is 0 Å². The van der Waals surface area contributed by atoms with Gasteiger partial charge in [-0.1, -0.05) is 11.8 Å². The van der Waals surface area contributed by atoms with Crippen molar-refractivity contribution >= 4 is 35.3 Å². The first-order valence-electron chi connectivity index (χ1n) is 9.69. The number of carbonyl (C=O) groups excluding carboxylic acids is 3. The van der Waals surface area contributed by atoms with Gasteiger partial charge in [-0.25, -0.2) is 9.59 Å². The number of phenols is 1. The number of nitrogens with two attached hydrogens (primary N) is 1. The van der Waals surface area contributed by atoms with Gasteiger partial charge in [0.2, 0.25) is 5.91 Å². The number of benzene rings is 1. The number of aromatic hydroxyl groups is 1. The maximum atomic E-state index is 13.0. The molecule has 0 spiro atoms. The lowest BCUT2D eigenvalue weighted by atomic mass is 9.81. The predicted molar refractivity (Wildman–Crippen MR) is 113 cm³/mol. The van der Waals surface area contributed by atoms with E-state index in [1.165, 1.54) is 0 Å². The SMILES string of the molecule is CCOC(=O)C1=C(N)N2C(=O)[C@@H](C)SC2=C(C(=O)OCC)[C@H]1c1cc([N+](=O)[O-])ccc1O. The quantitative estimate of drug-likeness (QED) is 0.362. The first-order valence-corrected chi connectivity index (χ1v) is 10.6. The van der Waals surface area contributed by atoms with E-state index in [1.54, 1.807) is 20.8 Å². The molecule has 0 bridgehead atoms. The topological polar surface area (TPSA) is 162 Å². The maximum Gasteiger partial charge on any atom is 0.338 e. The molecule has 2 atom stereocenters. The van der Waals surface area contributed by atoms with Crippen LogP contribution in [-0.4, -0.2) is 51.2 Å². The Morgan fingerprint density at radius 1 is 1.22 bits per heavy atom. The van der Waals surface area contributed by atoms with Gasteiger partial charge in [0.15, 0.2) is 0 Å². The molecule has 3 rings (SSSR count). The molecule has 3 N–H and O–H groups in total. The summed E-state index contributed by atoms with van der Waals surface area (Å²) in [7, 11) is 0. The van der Waals surface area contributed by atoms with E-state index in [0.29, 0.717) is 0 Å². The highest BCUT2D eigenvalue weighted by molar-refractivity contribution is 8.04. The highest BCUT2D eigenvalue weighted by Crippen LogP contribution is 2.51. The molecule has 2 heterocycles. The molecule has 1 aromatic carbocycles. The summed E-state index contributed by atoms with van der Waals surface area (Å²) in [6.45, 7) is 4.70. The Morgan fingerprint density at radius 2 is 1.81 bits per heavy atom. The molecule has 0 unspecified atom stereocenters. The smallest absolute Gasteiger partial charge is 0.338 e. The second-order valence-corrected chi connectivity index (χ2v) is 8.16. The van der Waals surface area contributed by atoms with Crippen LogP contribution in [0.15, 0.2) is 40.2 Å². The van der Waals surface area contributed by atoms with E-state index in [0.717, 1.165) is 34.9 Å². The lowest BCUT2D eigenvalue weighted by molar-refractivity contribution is -0.384. The van der Waals surface area contributed by atoms with Crippen molar-refractivity contribution in [1.82, 2.24) is 4.90 Å². The number of amides is 1. The molecule has 170 valence electrons. The van der Waals surface area contributed by atoms with Crippen LogP contribution in [0.25, 0.3) is 0 Å². The van der Waals surface area contributed by atoms with Crippen LogP contribution < -0.4 is 5.73 Å². The van der Waals surface area contributed by atoms with Crippen LogP contribution in [0.1, 0.15) is 32.3 Å². The molecular weight excluding hydrogens is 442 g/mol. The molecule has 0 aliphatic carbocycles. The summed E-state index contributed by atoms with van der Waals surface area (Å²) in [6.07, 6.45) is 0. The summed E-state index contributed by atoms with van der Waals surface area (Å²) >= 11 is 1.04. The Morgan fingerprint density at radius 3 is 2.38 bits per heavy atom. The van der Waals surface area contributed by atoms with Crippen LogP contribution in [0.4, 0.5) is 5.69 Å². The third kappa shape index (κ3) is 3.77. The maximum absolute atomic E-state index is 13.0. The second kappa shape index (κ2) is 8.91. The van der Waals surface area contributed by atoms with Crippen molar-refractivity contribution in [3.05, 3.63) is 55.9 Å². The molecule has 2 aliphatic rings. The summed E-state index contributed by atoms with van der Waals surface area (Å²) in [6, 6.07) is 3.22. The number of esters is 2. The number of non-ortho nitro benzene ring substituents is 1. The third-order valence-electron chi connectivity index (χ3n) is 4.91. The van der Waals surface area contributed by atoms with Crippen LogP contribution in [-0.2, 0) is 23.9 Å². The van der Waals surface area contributed by atoms with E-state index in [1.807, 2.05) is 0 Å². The zero-order valence-corrected chi connectivity index (χ0v) is 18.3. The highest BCUT2D eigenvalue weighted by atomic mass is 32.2. The summed E-state index contributed by atoms with van der Waals surface area (Å²) in [5.74, 6) is -4.28. The third-order valence-corrected chi connectivity index (χ3v) is 6.09. The number of rotatable bonds is 6.